The molecule has 0 spiro atoms. The van der Waals surface area contributed by atoms with E-state index in [1.54, 1.807) is 23.3 Å². The van der Waals surface area contributed by atoms with Gasteiger partial charge in [0.1, 0.15) is 23.1 Å². The van der Waals surface area contributed by atoms with E-state index in [1.165, 1.54) is 70.1 Å². The molecule has 38 heavy (non-hydrogen) atoms. The number of fused-ring (bicyclic) bond motifs is 2. The molecule has 0 unspecified atom stereocenters. The van der Waals surface area contributed by atoms with E-state index in [0.717, 1.165) is 0 Å². The normalized spacial score (nSPS) is 9.42. The number of halogens is 2. The van der Waals surface area contributed by atoms with E-state index in [2.05, 4.69) is 98.0 Å². The van der Waals surface area contributed by atoms with Crippen molar-refractivity contribution in [2.24, 2.45) is 0 Å². The molecule has 0 radical (unpaired) electrons. The predicted octanol–water partition coefficient (Wildman–Crippen LogP) is 8.96. The zero-order chi connectivity index (χ0) is 27.8. The van der Waals surface area contributed by atoms with Crippen LogP contribution in [0.5, 0.6) is 11.5 Å². The van der Waals surface area contributed by atoms with Crippen LogP contribution >= 0.6 is 0 Å². The fourth-order valence-corrected chi connectivity index (χ4v) is 3.02. The average molecular weight is 604 g/mol. The van der Waals surface area contributed by atoms with Gasteiger partial charge in [-0.25, -0.2) is 8.78 Å². The second-order valence-electron chi connectivity index (χ2n) is 8.26. The summed E-state index contributed by atoms with van der Waals surface area (Å²) in [6.07, 6.45) is 0. The maximum absolute atomic E-state index is 12.0. The SMILES string of the molecule is C[Si](C)=[Zr+2].Oc1ccc(F)cc1.Oc1ccc(F)cc1.c1ccc2[cH-]ccc2c1.c1ccc2[cH-]ccc2c1. The largest absolute Gasteiger partial charge is 0.508 e. The van der Waals surface area contributed by atoms with E-state index in [9.17, 15) is 8.78 Å². The van der Waals surface area contributed by atoms with Gasteiger partial charge in [0, 0.05) is 0 Å². The van der Waals surface area contributed by atoms with E-state index in [1.807, 2.05) is 0 Å². The van der Waals surface area contributed by atoms with Crippen LogP contribution in [0, 0.1) is 11.6 Å². The first-order chi connectivity index (χ1) is 18.2. The molecule has 0 aliphatic heterocycles. The van der Waals surface area contributed by atoms with Crippen molar-refractivity contribution in [3.8, 4) is 11.5 Å². The predicted molar refractivity (Wildman–Crippen MR) is 153 cm³/mol. The van der Waals surface area contributed by atoms with Gasteiger partial charge in [-0.1, -0.05) is 12.1 Å². The Balaban J connectivity index is 0.000000170. The second kappa shape index (κ2) is 17.2. The number of phenols is 2. The summed E-state index contributed by atoms with van der Waals surface area (Å²) in [7, 11) is 0. The molecule has 0 saturated carbocycles. The van der Waals surface area contributed by atoms with Crippen LogP contribution in [0.25, 0.3) is 21.5 Å². The zero-order valence-corrected chi connectivity index (χ0v) is 24.8. The fourth-order valence-electron chi connectivity index (χ4n) is 3.02. The first-order valence-corrected chi connectivity index (χ1v) is 18.0. The first kappa shape index (κ1) is 30.9. The van der Waals surface area contributed by atoms with Crippen molar-refractivity contribution in [3.05, 3.63) is 145 Å². The standard InChI is InChI=1S/2C9H7.2C6H5FO.C2H6Si.Zr/c2*1-2-5-9-7-3-6-8(9)4-1;2*7-5-1-3-6(8)4-2-5;1-3-2;/h2*1-7H;2*1-4,8H;1-2H3;/q2*-1;;;;+2. The van der Waals surface area contributed by atoms with Gasteiger partial charge in [-0.3, -0.25) is 0 Å². The van der Waals surface area contributed by atoms with Crippen molar-refractivity contribution in [1.29, 1.82) is 0 Å². The number of hydrogen-bond acceptors (Lipinski definition) is 2. The molecule has 192 valence electrons. The van der Waals surface area contributed by atoms with Gasteiger partial charge in [0.05, 0.1) is 0 Å². The molecule has 6 heteroatoms. The summed E-state index contributed by atoms with van der Waals surface area (Å²) in [6.45, 7) is 4.62. The van der Waals surface area contributed by atoms with E-state index in [-0.39, 0.29) is 28.6 Å². The Morgan fingerprint density at radius 2 is 0.868 bits per heavy atom. The van der Waals surface area contributed by atoms with Crippen molar-refractivity contribution in [3.63, 3.8) is 0 Å². The van der Waals surface area contributed by atoms with Crippen molar-refractivity contribution < 1.29 is 42.3 Å². The number of phenolic OH excluding ortho intramolecular Hbond substituents is 2. The minimum Gasteiger partial charge on any atom is -0.508 e. The van der Waals surface area contributed by atoms with Crippen molar-refractivity contribution >= 4 is 27.0 Å². The minimum absolute atomic E-state index is 0.0893. The van der Waals surface area contributed by atoms with Crippen LogP contribution in [-0.2, 0) is 23.3 Å². The summed E-state index contributed by atoms with van der Waals surface area (Å²) < 4.78 is 24.0. The van der Waals surface area contributed by atoms with Gasteiger partial charge in [-0.2, -0.15) is 35.0 Å². The monoisotopic (exact) mass is 602 g/mol. The Labute approximate surface area is 237 Å². The average Bonchev–Trinajstić information content (AvgIpc) is 3.58. The molecule has 6 rings (SSSR count). The van der Waals surface area contributed by atoms with Crippen LogP contribution in [0.2, 0.25) is 13.1 Å². The summed E-state index contributed by atoms with van der Waals surface area (Å²) in [4.78, 5) is 0. The number of aromatic hydroxyl groups is 2. The molecule has 2 nitrogen and oxygen atoms in total. The maximum Gasteiger partial charge on any atom is 0.123 e. The van der Waals surface area contributed by atoms with E-state index in [4.69, 9.17) is 10.2 Å². The molecule has 6 aromatic carbocycles. The van der Waals surface area contributed by atoms with Gasteiger partial charge in [-0.05, 0) is 48.5 Å². The third-order valence-electron chi connectivity index (χ3n) is 4.75. The van der Waals surface area contributed by atoms with Crippen LogP contribution in [0.1, 0.15) is 0 Å². The maximum atomic E-state index is 12.0. The van der Waals surface area contributed by atoms with Crippen molar-refractivity contribution in [2.45, 2.75) is 13.1 Å². The molecule has 0 atom stereocenters. The van der Waals surface area contributed by atoms with Crippen molar-refractivity contribution in [1.82, 2.24) is 0 Å². The molecule has 0 fully saturated rings. The Hall–Kier alpha value is -3.34. The molecule has 0 heterocycles. The van der Waals surface area contributed by atoms with Gasteiger partial charge >= 0.3 is 41.9 Å². The topological polar surface area (TPSA) is 40.5 Å². The molecule has 0 aliphatic carbocycles. The Morgan fingerprint density at radius 3 is 1.16 bits per heavy atom. The van der Waals surface area contributed by atoms with Gasteiger partial charge in [0.25, 0.3) is 0 Å². The summed E-state index contributed by atoms with van der Waals surface area (Å²) in [6, 6.07) is 39.4. The van der Waals surface area contributed by atoms with Gasteiger partial charge < -0.3 is 10.2 Å². The smallest absolute Gasteiger partial charge is 0.123 e. The molecule has 2 N–H and O–H groups in total. The van der Waals surface area contributed by atoms with E-state index in [0.29, 0.717) is 0 Å². The summed E-state index contributed by atoms with van der Waals surface area (Å²) in [5.41, 5.74) is 0.210. The molecule has 0 aliphatic rings. The number of hydrogen-bond donors (Lipinski definition) is 2. The quantitative estimate of drug-likeness (QED) is 0.134. The zero-order valence-electron chi connectivity index (χ0n) is 21.4. The van der Waals surface area contributed by atoms with Crippen LogP contribution < -0.4 is 0 Å². The first-order valence-electron chi connectivity index (χ1n) is 11.9. The third-order valence-corrected chi connectivity index (χ3v) is 4.75. The number of benzene rings is 4. The minimum atomic E-state index is -0.331. The van der Waals surface area contributed by atoms with Gasteiger partial charge in [0.2, 0.25) is 0 Å². The summed E-state index contributed by atoms with van der Waals surface area (Å²) in [5, 5.41) is 22.5. The van der Waals surface area contributed by atoms with Crippen molar-refractivity contribution in [2.75, 3.05) is 0 Å². The van der Waals surface area contributed by atoms with Gasteiger partial charge in [0.15, 0.2) is 0 Å². The summed E-state index contributed by atoms with van der Waals surface area (Å²) in [5.74, 6) is -0.483. The molecule has 0 bridgehead atoms. The molecule has 0 amide bonds. The third kappa shape index (κ3) is 12.8. The van der Waals surface area contributed by atoms with Crippen LogP contribution in [0.4, 0.5) is 8.78 Å². The Bertz CT molecular complexity index is 1270. The summed E-state index contributed by atoms with van der Waals surface area (Å²) >= 11 is 1.74. The number of rotatable bonds is 0. The molecular weight excluding hydrogens is 574 g/mol. The van der Waals surface area contributed by atoms with Gasteiger partial charge in [-0.15, -0.1) is 59.3 Å². The van der Waals surface area contributed by atoms with E-state index < -0.39 is 0 Å². The Kier molecular flexibility index (Phi) is 14.0. The molecule has 6 aromatic rings. The molecule has 0 aromatic heterocycles. The van der Waals surface area contributed by atoms with Crippen LogP contribution in [0.15, 0.2) is 133 Å². The van der Waals surface area contributed by atoms with Crippen LogP contribution in [0.3, 0.4) is 0 Å². The van der Waals surface area contributed by atoms with Crippen LogP contribution in [-0.4, -0.2) is 15.6 Å². The molecular formula is C32H30F2O2SiZr. The fraction of sp³-hybridized carbons (Fsp3) is 0.0625. The second-order valence-corrected chi connectivity index (χ2v) is 17.6. The van der Waals surface area contributed by atoms with E-state index >= 15 is 0 Å². The Morgan fingerprint density at radius 1 is 0.553 bits per heavy atom. The molecule has 0 saturated heterocycles.